The summed E-state index contributed by atoms with van der Waals surface area (Å²) in [6.07, 6.45) is 0.725. The van der Waals surface area contributed by atoms with Crippen LogP contribution in [0.4, 0.5) is 30.2 Å². The number of halogens is 3. The van der Waals surface area contributed by atoms with E-state index in [4.69, 9.17) is 27.1 Å². The summed E-state index contributed by atoms with van der Waals surface area (Å²) in [5, 5.41) is 24.9. The largest absolute Gasteiger partial charge is 0.490 e. The lowest BCUT2D eigenvalue weighted by Crippen LogP contribution is -2.44. The molecule has 0 aliphatic carbocycles. The number of nitrogens with one attached hydrogen (secondary N) is 6. The van der Waals surface area contributed by atoms with E-state index in [1.54, 1.807) is 0 Å². The molecule has 6 amide bonds. The van der Waals surface area contributed by atoms with Crippen LogP contribution in [0, 0.1) is 0 Å². The minimum atomic E-state index is -5.08. The monoisotopic (exact) mass is 1140 g/mol. The third kappa shape index (κ3) is 23.3. The van der Waals surface area contributed by atoms with Crippen molar-refractivity contribution in [2.45, 2.75) is 107 Å². The Labute approximate surface area is 481 Å². The van der Waals surface area contributed by atoms with Crippen LogP contribution in [-0.2, 0) is 52.8 Å². The van der Waals surface area contributed by atoms with E-state index in [2.05, 4.69) is 31.9 Å². The van der Waals surface area contributed by atoms with Crippen LogP contribution in [0.15, 0.2) is 164 Å². The number of unbranched alkanes of at least 4 members (excludes halogenated alkanes) is 3. The van der Waals surface area contributed by atoms with E-state index in [1.807, 2.05) is 164 Å². The molecule has 6 aromatic carbocycles. The highest BCUT2D eigenvalue weighted by atomic mass is 19.4. The molecular weight excluding hydrogens is 1070 g/mol. The quantitative estimate of drug-likeness (QED) is 0.0153. The maximum absolute atomic E-state index is 13.8. The van der Waals surface area contributed by atoms with Gasteiger partial charge < -0.3 is 54.2 Å². The average Bonchev–Trinajstić information content (AvgIpc) is 3.48. The van der Waals surface area contributed by atoms with Crippen LogP contribution in [0.2, 0.25) is 0 Å². The molecule has 0 heterocycles. The van der Waals surface area contributed by atoms with Crippen molar-refractivity contribution in [1.82, 2.24) is 16.0 Å². The second-order valence-corrected chi connectivity index (χ2v) is 19.8. The highest BCUT2D eigenvalue weighted by Gasteiger charge is 2.38. The summed E-state index contributed by atoms with van der Waals surface area (Å²) >= 11 is 0. The van der Waals surface area contributed by atoms with Crippen LogP contribution < -0.4 is 49.1 Å². The second kappa shape index (κ2) is 34.5. The van der Waals surface area contributed by atoms with Gasteiger partial charge in [-0.15, -0.1) is 0 Å². The number of hydrogen-bond acceptors (Lipinski definition) is 10. The van der Waals surface area contributed by atoms with E-state index in [9.17, 15) is 41.9 Å². The molecule has 0 radical (unpaired) electrons. The fourth-order valence-corrected chi connectivity index (χ4v) is 8.91. The van der Waals surface area contributed by atoms with Gasteiger partial charge in [-0.2, -0.15) is 13.2 Å². The van der Waals surface area contributed by atoms with Gasteiger partial charge in [0, 0.05) is 23.0 Å². The molecule has 0 aliphatic heterocycles. The fraction of sp³-hybridized carbons (Fsp3) is 0.317. The maximum Gasteiger partial charge on any atom is 0.490 e. The smallest absolute Gasteiger partial charge is 0.475 e. The van der Waals surface area contributed by atoms with Crippen LogP contribution in [0.25, 0.3) is 0 Å². The zero-order valence-corrected chi connectivity index (χ0v) is 46.2. The maximum atomic E-state index is 13.8. The number of anilines is 3. The molecule has 83 heavy (non-hydrogen) atoms. The summed E-state index contributed by atoms with van der Waals surface area (Å²) in [6, 6.07) is 48.2. The predicted octanol–water partition coefficient (Wildman–Crippen LogP) is 7.89. The van der Waals surface area contributed by atoms with E-state index in [0.29, 0.717) is 94.5 Å². The van der Waals surface area contributed by atoms with Crippen LogP contribution in [0.5, 0.6) is 0 Å². The Bertz CT molecular complexity index is 2670. The van der Waals surface area contributed by atoms with Crippen molar-refractivity contribution in [3.8, 4) is 0 Å². The number of hydrogen-bond donors (Lipinski definition) is 10. The molecule has 0 fully saturated rings. The minimum Gasteiger partial charge on any atom is -0.475 e. The van der Waals surface area contributed by atoms with Crippen LogP contribution in [-0.4, -0.2) is 90.5 Å². The number of carbonyl (C=O) groups is 7. The number of amides is 6. The summed E-state index contributed by atoms with van der Waals surface area (Å²) in [6.45, 7) is 1.42. The first-order valence-corrected chi connectivity index (χ1v) is 27.6. The number of aliphatic carboxylic acids is 1. The van der Waals surface area contributed by atoms with Gasteiger partial charge in [0.15, 0.2) is 0 Å². The van der Waals surface area contributed by atoms with Gasteiger partial charge in [0.2, 0.25) is 35.4 Å². The van der Waals surface area contributed by atoms with Gasteiger partial charge in [0.25, 0.3) is 0 Å². The molecule has 0 spiro atoms. The van der Waals surface area contributed by atoms with Gasteiger partial charge in [0.1, 0.15) is 18.1 Å². The van der Waals surface area contributed by atoms with Crippen molar-refractivity contribution >= 4 is 58.5 Å². The molecule has 6 aromatic rings. The molecule has 0 saturated heterocycles. The summed E-state index contributed by atoms with van der Waals surface area (Å²) in [7, 11) is 0. The van der Waals surface area contributed by atoms with E-state index >= 15 is 0 Å². The zero-order valence-electron chi connectivity index (χ0n) is 46.2. The molecule has 0 saturated carbocycles. The number of benzene rings is 6. The fourth-order valence-electron chi connectivity index (χ4n) is 8.91. The second-order valence-electron chi connectivity index (χ2n) is 19.8. The van der Waals surface area contributed by atoms with Crippen molar-refractivity contribution in [3.63, 3.8) is 0 Å². The number of carboxylic acid groups (broad SMARTS) is 1. The van der Waals surface area contributed by atoms with E-state index in [0.717, 1.165) is 33.4 Å². The molecule has 6 rings (SSSR count). The van der Waals surface area contributed by atoms with Gasteiger partial charge in [0.05, 0.1) is 19.3 Å². The molecular formula is C63H74F3N9O8. The summed E-state index contributed by atoms with van der Waals surface area (Å²) < 4.78 is 31.7. The molecule has 0 bridgehead atoms. The van der Waals surface area contributed by atoms with Crippen molar-refractivity contribution in [1.29, 1.82) is 0 Å². The van der Waals surface area contributed by atoms with E-state index in [-0.39, 0.29) is 60.6 Å². The SMILES string of the molecule is NCCCC[C@H](NC(=O)Cc1ccccc1)C(=O)Nc1ccc(C(c2ccc(NC(=O)[C@H](CCCCN)NC(=O)Cc3ccccc3)cc2)c2ccc(NC(=O)[C@H](CCCCN)NC(=O)Cc3ccccc3)cc2)cc1.O=C(O)C(F)(F)F. The predicted molar refractivity (Wildman–Crippen MR) is 315 cm³/mol. The molecule has 13 N–H and O–H groups in total. The Balaban J connectivity index is 0.00000169. The number of rotatable bonds is 30. The van der Waals surface area contributed by atoms with Gasteiger partial charge in [-0.1, -0.05) is 127 Å². The van der Waals surface area contributed by atoms with E-state index < -0.39 is 30.3 Å². The first-order valence-electron chi connectivity index (χ1n) is 27.6. The van der Waals surface area contributed by atoms with Crippen LogP contribution in [0.3, 0.4) is 0 Å². The van der Waals surface area contributed by atoms with Gasteiger partial charge in [-0.05, 0) is 147 Å². The lowest BCUT2D eigenvalue weighted by molar-refractivity contribution is -0.192. The molecule has 0 aromatic heterocycles. The van der Waals surface area contributed by atoms with Crippen molar-refractivity contribution < 1.29 is 51.8 Å². The third-order valence-electron chi connectivity index (χ3n) is 13.2. The Morgan fingerprint density at radius 2 is 0.627 bits per heavy atom. The standard InChI is InChI=1S/C61H73N9O6.C2HF3O2/c62-37-13-10-22-52(68-55(71)40-43-16-4-1-5-17-43)59(74)65-49-31-25-46(26-32-49)58(47-27-33-50(34-28-47)66-60(75)53(23-11-14-38-63)69-56(72)41-44-18-6-2-7-19-44)48-29-35-51(36-30-48)67-61(76)54(24-12-15-39-64)70-57(73)42-45-20-8-3-9-21-45;3-2(4,5)1(6)7/h1-9,16-21,25-36,52-54,58H,10-15,22-24,37-42,62-64H2,(H,65,74)(H,66,75)(H,67,76)(H,68,71)(H,69,72)(H,70,73);(H,6,7)/t52-,53-,54-;/m0./s1. The lowest BCUT2D eigenvalue weighted by atomic mass is 9.85. The van der Waals surface area contributed by atoms with Crippen LogP contribution >= 0.6 is 0 Å². The number of nitrogens with two attached hydrogens (primary N) is 3. The third-order valence-corrected chi connectivity index (χ3v) is 13.2. The Morgan fingerprint density at radius 3 is 0.843 bits per heavy atom. The topological polar surface area (TPSA) is 290 Å². The first kappa shape index (κ1) is 65.1. The first-order chi connectivity index (χ1) is 40.0. The zero-order chi connectivity index (χ0) is 60.0. The van der Waals surface area contributed by atoms with Crippen molar-refractivity contribution in [3.05, 3.63) is 197 Å². The molecule has 0 unspecified atom stereocenters. The lowest BCUT2D eigenvalue weighted by Gasteiger charge is -2.22. The average molecular weight is 1140 g/mol. The Kier molecular flexibility index (Phi) is 27.1. The summed E-state index contributed by atoms with van der Waals surface area (Å²) in [5.74, 6) is -4.90. The van der Waals surface area contributed by atoms with E-state index in [1.165, 1.54) is 0 Å². The normalized spacial score (nSPS) is 12.1. The molecule has 440 valence electrons. The minimum absolute atomic E-state index is 0.143. The highest BCUT2D eigenvalue weighted by molar-refractivity contribution is 5.99. The number of carbonyl (C=O) groups excluding carboxylic acids is 6. The molecule has 0 aliphatic rings. The highest BCUT2D eigenvalue weighted by Crippen LogP contribution is 2.34. The van der Waals surface area contributed by atoms with Crippen LogP contribution in [0.1, 0.15) is 97.1 Å². The molecule has 20 heteroatoms. The van der Waals surface area contributed by atoms with Gasteiger partial charge in [-0.25, -0.2) is 4.79 Å². The van der Waals surface area contributed by atoms with Gasteiger partial charge in [-0.3, -0.25) is 28.8 Å². The van der Waals surface area contributed by atoms with Gasteiger partial charge >= 0.3 is 12.1 Å². The number of alkyl halides is 3. The summed E-state index contributed by atoms with van der Waals surface area (Å²) in [5.41, 5.74) is 24.1. The Morgan fingerprint density at radius 1 is 0.386 bits per heavy atom. The van der Waals surface area contributed by atoms with Crippen molar-refractivity contribution in [2.75, 3.05) is 35.6 Å². The summed E-state index contributed by atoms with van der Waals surface area (Å²) in [4.78, 5) is 89.5. The molecule has 3 atom stereocenters. The Hall–Kier alpha value is -8.72. The molecule has 17 nitrogen and oxygen atoms in total. The van der Waals surface area contributed by atoms with Crippen molar-refractivity contribution in [2.24, 2.45) is 17.2 Å². The number of carboxylic acids is 1.